The van der Waals surface area contributed by atoms with Crippen LogP contribution >= 0.6 is 0 Å². The molecule has 7 heteroatoms. The second-order valence-electron chi connectivity index (χ2n) is 7.49. The van der Waals surface area contributed by atoms with Crippen LogP contribution in [-0.2, 0) is 14.3 Å². The van der Waals surface area contributed by atoms with Gasteiger partial charge in [0.15, 0.2) is 0 Å². The number of imide groups is 1. The number of aryl methyl sites for hydroxylation is 1. The minimum Gasteiger partial charge on any atom is -0.497 e. The molecule has 164 valence electrons. The van der Waals surface area contributed by atoms with E-state index in [1.54, 1.807) is 32.4 Å². The molecule has 0 atom stereocenters. The summed E-state index contributed by atoms with van der Waals surface area (Å²) in [5, 5.41) is 3.13. The third kappa shape index (κ3) is 4.88. The van der Waals surface area contributed by atoms with Crippen LogP contribution in [0.15, 0.2) is 48.2 Å². The molecule has 0 bridgehead atoms. The Hall–Kier alpha value is -3.32. The van der Waals surface area contributed by atoms with Crippen LogP contribution in [0.3, 0.4) is 0 Å². The van der Waals surface area contributed by atoms with Gasteiger partial charge in [-0.2, -0.15) is 0 Å². The van der Waals surface area contributed by atoms with E-state index in [1.807, 2.05) is 45.0 Å². The molecule has 0 radical (unpaired) electrons. The summed E-state index contributed by atoms with van der Waals surface area (Å²) in [7, 11) is 3.10. The normalized spacial score (nSPS) is 13.9. The third-order valence-electron chi connectivity index (χ3n) is 4.94. The fraction of sp³-hybridized carbons (Fsp3) is 0.333. The number of nitrogens with zero attached hydrogens (tertiary/aromatic N) is 1. The van der Waals surface area contributed by atoms with Crippen molar-refractivity contribution in [2.75, 3.05) is 32.7 Å². The second-order valence-corrected chi connectivity index (χ2v) is 7.49. The summed E-state index contributed by atoms with van der Waals surface area (Å²) in [6.45, 7) is 6.23. The smallest absolute Gasteiger partial charge is 0.278 e. The maximum atomic E-state index is 13.3. The number of rotatable bonds is 9. The molecule has 2 amide bonds. The van der Waals surface area contributed by atoms with Crippen LogP contribution in [0.4, 0.5) is 5.69 Å². The van der Waals surface area contributed by atoms with Crippen molar-refractivity contribution in [2.45, 2.75) is 26.9 Å². The van der Waals surface area contributed by atoms with Gasteiger partial charge in [-0.25, -0.2) is 0 Å². The zero-order valence-corrected chi connectivity index (χ0v) is 18.5. The van der Waals surface area contributed by atoms with Gasteiger partial charge in [0.2, 0.25) is 0 Å². The van der Waals surface area contributed by atoms with Gasteiger partial charge in [-0.15, -0.1) is 0 Å². The Morgan fingerprint density at radius 3 is 2.29 bits per heavy atom. The van der Waals surface area contributed by atoms with E-state index in [0.717, 1.165) is 5.56 Å². The number of hydrogen-bond acceptors (Lipinski definition) is 6. The molecule has 1 aliphatic rings. The monoisotopic (exact) mass is 424 g/mol. The Kier molecular flexibility index (Phi) is 6.97. The topological polar surface area (TPSA) is 77.1 Å². The van der Waals surface area contributed by atoms with Crippen molar-refractivity contribution in [1.82, 2.24) is 4.90 Å². The first-order valence-corrected chi connectivity index (χ1v) is 10.1. The van der Waals surface area contributed by atoms with Crippen LogP contribution < -0.4 is 14.8 Å². The first-order chi connectivity index (χ1) is 14.8. The van der Waals surface area contributed by atoms with Crippen molar-refractivity contribution in [3.8, 4) is 11.5 Å². The molecule has 0 saturated heterocycles. The molecule has 0 spiro atoms. The van der Waals surface area contributed by atoms with Crippen LogP contribution in [-0.4, -0.2) is 50.2 Å². The molecular weight excluding hydrogens is 396 g/mol. The molecule has 7 nitrogen and oxygen atoms in total. The lowest BCUT2D eigenvalue weighted by atomic mass is 10.0. The first-order valence-electron chi connectivity index (χ1n) is 10.1. The van der Waals surface area contributed by atoms with Crippen LogP contribution in [0.25, 0.3) is 5.57 Å². The minimum absolute atomic E-state index is 0.0102. The number of ether oxygens (including phenoxy) is 3. The van der Waals surface area contributed by atoms with Crippen LogP contribution in [0.1, 0.15) is 25.0 Å². The molecular formula is C24H28N2O5. The van der Waals surface area contributed by atoms with Crippen molar-refractivity contribution >= 4 is 23.1 Å². The molecule has 1 N–H and O–H groups in total. The van der Waals surface area contributed by atoms with Gasteiger partial charge < -0.3 is 19.5 Å². The van der Waals surface area contributed by atoms with Gasteiger partial charge in [-0.3, -0.25) is 14.5 Å². The summed E-state index contributed by atoms with van der Waals surface area (Å²) in [4.78, 5) is 27.7. The maximum Gasteiger partial charge on any atom is 0.278 e. The maximum absolute atomic E-state index is 13.3. The van der Waals surface area contributed by atoms with Crippen molar-refractivity contribution in [1.29, 1.82) is 0 Å². The molecule has 0 saturated carbocycles. The molecule has 2 aromatic rings. The van der Waals surface area contributed by atoms with Gasteiger partial charge in [-0.1, -0.05) is 29.8 Å². The third-order valence-corrected chi connectivity index (χ3v) is 4.94. The Bertz CT molecular complexity index is 996. The Labute approximate surface area is 182 Å². The number of benzene rings is 2. The fourth-order valence-corrected chi connectivity index (χ4v) is 3.31. The summed E-state index contributed by atoms with van der Waals surface area (Å²) in [6.07, 6.45) is 0.0102. The number of anilines is 1. The predicted molar refractivity (Wildman–Crippen MR) is 119 cm³/mol. The molecule has 1 aliphatic heterocycles. The van der Waals surface area contributed by atoms with Gasteiger partial charge in [0.1, 0.15) is 17.2 Å². The zero-order valence-electron chi connectivity index (χ0n) is 18.5. The largest absolute Gasteiger partial charge is 0.497 e. The number of amides is 2. The van der Waals surface area contributed by atoms with Crippen LogP contribution in [0.2, 0.25) is 0 Å². The van der Waals surface area contributed by atoms with Gasteiger partial charge in [0.05, 0.1) is 44.7 Å². The van der Waals surface area contributed by atoms with E-state index < -0.39 is 5.91 Å². The van der Waals surface area contributed by atoms with E-state index in [1.165, 1.54) is 4.90 Å². The first kappa shape index (κ1) is 22.4. The van der Waals surface area contributed by atoms with E-state index >= 15 is 0 Å². The number of carbonyl (C=O) groups is 2. The number of nitrogens with one attached hydrogen (secondary N) is 1. The van der Waals surface area contributed by atoms with Crippen molar-refractivity contribution < 1.29 is 23.8 Å². The molecule has 0 aliphatic carbocycles. The SMILES string of the molecule is COc1ccc(OC)c(NC2=C(c3ccc(C)cc3)C(=O)N(CCOC(C)C)C2=O)c1. The van der Waals surface area contributed by atoms with Gasteiger partial charge in [0.25, 0.3) is 11.8 Å². The van der Waals surface area contributed by atoms with Crippen molar-refractivity contribution in [3.05, 3.63) is 59.3 Å². The fourth-order valence-electron chi connectivity index (χ4n) is 3.31. The predicted octanol–water partition coefficient (Wildman–Crippen LogP) is 3.63. The molecule has 2 aromatic carbocycles. The number of hydrogen-bond donors (Lipinski definition) is 1. The Morgan fingerprint density at radius 2 is 1.68 bits per heavy atom. The quantitative estimate of drug-likeness (QED) is 0.620. The van der Waals surface area contributed by atoms with Crippen molar-refractivity contribution in [3.63, 3.8) is 0 Å². The summed E-state index contributed by atoms with van der Waals surface area (Å²) >= 11 is 0. The summed E-state index contributed by atoms with van der Waals surface area (Å²) in [5.74, 6) is 0.363. The number of methoxy groups -OCH3 is 2. The average molecular weight is 424 g/mol. The van der Waals surface area contributed by atoms with Gasteiger partial charge in [-0.05, 0) is 38.5 Å². The van der Waals surface area contributed by atoms with E-state index in [0.29, 0.717) is 28.3 Å². The second kappa shape index (κ2) is 9.66. The number of carbonyl (C=O) groups excluding carboxylic acids is 2. The van der Waals surface area contributed by atoms with Gasteiger partial charge in [0, 0.05) is 6.07 Å². The molecule has 0 fully saturated rings. The Morgan fingerprint density at radius 1 is 0.968 bits per heavy atom. The highest BCUT2D eigenvalue weighted by Gasteiger charge is 2.39. The molecule has 0 aromatic heterocycles. The van der Waals surface area contributed by atoms with E-state index in [2.05, 4.69) is 5.32 Å². The van der Waals surface area contributed by atoms with Crippen LogP contribution in [0, 0.1) is 6.92 Å². The zero-order chi connectivity index (χ0) is 22.5. The van der Waals surface area contributed by atoms with Gasteiger partial charge >= 0.3 is 0 Å². The molecule has 1 heterocycles. The lowest BCUT2D eigenvalue weighted by molar-refractivity contribution is -0.137. The average Bonchev–Trinajstić information content (AvgIpc) is 2.98. The summed E-state index contributed by atoms with van der Waals surface area (Å²) in [5.41, 5.74) is 2.78. The molecule has 0 unspecified atom stereocenters. The van der Waals surface area contributed by atoms with Crippen LogP contribution in [0.5, 0.6) is 11.5 Å². The molecule has 3 rings (SSSR count). The summed E-state index contributed by atoms with van der Waals surface area (Å²) < 4.78 is 16.3. The lowest BCUT2D eigenvalue weighted by Gasteiger charge is -2.17. The van der Waals surface area contributed by atoms with E-state index in [9.17, 15) is 9.59 Å². The Balaban J connectivity index is 2.02. The van der Waals surface area contributed by atoms with E-state index in [-0.39, 0.29) is 30.9 Å². The standard InChI is InChI=1S/C24H28N2O5/c1-15(2)31-13-12-26-23(27)21(17-8-6-16(3)7-9-17)22(24(26)28)25-19-14-18(29-4)10-11-20(19)30-5/h6-11,14-15,25H,12-13H2,1-5H3. The van der Waals surface area contributed by atoms with E-state index in [4.69, 9.17) is 14.2 Å². The highest BCUT2D eigenvalue weighted by atomic mass is 16.5. The lowest BCUT2D eigenvalue weighted by Crippen LogP contribution is -2.35. The summed E-state index contributed by atoms with van der Waals surface area (Å²) in [6, 6.07) is 12.7. The highest BCUT2D eigenvalue weighted by molar-refractivity contribution is 6.36. The molecule has 31 heavy (non-hydrogen) atoms. The minimum atomic E-state index is -0.405. The van der Waals surface area contributed by atoms with Crippen molar-refractivity contribution in [2.24, 2.45) is 0 Å². The highest BCUT2D eigenvalue weighted by Crippen LogP contribution is 2.35.